The van der Waals surface area contributed by atoms with Crippen LogP contribution in [0.5, 0.6) is 0 Å². The number of hydrogen-bond donors (Lipinski definition) is 9. The van der Waals surface area contributed by atoms with Gasteiger partial charge in [-0.3, -0.25) is 4.79 Å². The van der Waals surface area contributed by atoms with Crippen molar-refractivity contribution in [1.29, 1.82) is 0 Å². The number of carbonyl (C=O) groups excluding carboxylic acids is 1. The maximum Gasteiger partial charge on any atom is 0.220 e. The molecule has 0 radical (unpaired) electrons. The van der Waals surface area contributed by atoms with E-state index >= 15 is 0 Å². The average molecular weight is 884 g/mol. The van der Waals surface area contributed by atoms with Gasteiger partial charge in [-0.2, -0.15) is 0 Å². The predicted molar refractivity (Wildman–Crippen MR) is 240 cm³/mol. The molecule has 2 aliphatic rings. The van der Waals surface area contributed by atoms with E-state index in [1.165, 1.54) is 57.8 Å². The number of allylic oxidation sites excluding steroid dienone is 7. The number of nitrogens with one attached hydrogen (secondary N) is 1. The summed E-state index contributed by atoms with van der Waals surface area (Å²) < 4.78 is 22.6. The summed E-state index contributed by atoms with van der Waals surface area (Å²) in [5, 5.41) is 86.5. The molecule has 14 nitrogen and oxygen atoms in total. The molecule has 0 bridgehead atoms. The Morgan fingerprint density at radius 3 is 1.60 bits per heavy atom. The van der Waals surface area contributed by atoms with Crippen LogP contribution in [0.4, 0.5) is 0 Å². The second kappa shape index (κ2) is 35.2. The summed E-state index contributed by atoms with van der Waals surface area (Å²) >= 11 is 0. The molecular weight excluding hydrogens is 799 g/mol. The highest BCUT2D eigenvalue weighted by atomic mass is 16.7. The van der Waals surface area contributed by atoms with Gasteiger partial charge in [-0.05, 0) is 70.6 Å². The predicted octanol–water partition coefficient (Wildman–Crippen LogP) is 5.32. The normalized spacial score (nSPS) is 28.2. The molecule has 0 saturated carbocycles. The van der Waals surface area contributed by atoms with E-state index in [2.05, 4.69) is 55.6 Å². The molecule has 0 aromatic heterocycles. The number of carbonyl (C=O) groups is 1. The van der Waals surface area contributed by atoms with Crippen LogP contribution in [-0.2, 0) is 23.7 Å². The van der Waals surface area contributed by atoms with Crippen LogP contribution >= 0.6 is 0 Å². The molecule has 2 fully saturated rings. The number of aliphatic hydroxyl groups is 8. The Balaban J connectivity index is 1.92. The van der Waals surface area contributed by atoms with Gasteiger partial charge < -0.3 is 65.1 Å². The average Bonchev–Trinajstić information content (AvgIpc) is 3.27. The number of unbranched alkanes of at least 4 members (excludes halogenated alkanes) is 16. The molecule has 2 rings (SSSR count). The molecule has 12 unspecified atom stereocenters. The summed E-state index contributed by atoms with van der Waals surface area (Å²) in [6, 6.07) is -0.940. The summed E-state index contributed by atoms with van der Waals surface area (Å²) in [5.41, 5.74) is 0. The van der Waals surface area contributed by atoms with E-state index in [1.807, 2.05) is 6.08 Å². The summed E-state index contributed by atoms with van der Waals surface area (Å²) in [6.07, 6.45) is 23.0. The van der Waals surface area contributed by atoms with Gasteiger partial charge in [-0.1, -0.05) is 127 Å². The zero-order chi connectivity index (χ0) is 45.4. The molecule has 1 amide bonds. The second-order valence-electron chi connectivity index (χ2n) is 16.9. The lowest BCUT2D eigenvalue weighted by Gasteiger charge is -2.46. The van der Waals surface area contributed by atoms with Crippen molar-refractivity contribution in [3.05, 3.63) is 48.6 Å². The van der Waals surface area contributed by atoms with E-state index in [-0.39, 0.29) is 18.9 Å². The first-order valence-electron chi connectivity index (χ1n) is 23.9. The molecule has 12 atom stereocenters. The molecule has 2 aliphatic heterocycles. The van der Waals surface area contributed by atoms with Crippen molar-refractivity contribution >= 4 is 5.91 Å². The fraction of sp³-hybridized carbons (Fsp3) is 0.812. The quantitative estimate of drug-likeness (QED) is 0.0291. The van der Waals surface area contributed by atoms with Gasteiger partial charge in [0.2, 0.25) is 5.91 Å². The minimum Gasteiger partial charge on any atom is -0.394 e. The van der Waals surface area contributed by atoms with Gasteiger partial charge in [-0.15, -0.1) is 0 Å². The first kappa shape index (κ1) is 56.1. The Morgan fingerprint density at radius 2 is 1.03 bits per heavy atom. The standard InChI is InChI=1S/C48H85NO13/c1-3-5-7-9-11-13-15-17-18-20-21-23-25-27-29-31-37(52)36(49-40(53)32-30-28-26-24-22-19-16-14-12-10-8-6-4-2)35-59-47-45(58)43(56)46(39(34-51)61-47)62-48-44(57)42(55)41(54)38(33-50)60-48/h14-17,21,23,29,31,36-39,41-48,50-52,54-58H,3-13,18-20,22,24-28,30,32-35H2,1-2H3,(H,49,53)/b16-14-,17-15+,23-21+,31-29+. The molecule has 0 aromatic carbocycles. The van der Waals surface area contributed by atoms with Crippen molar-refractivity contribution in [2.24, 2.45) is 0 Å². The molecule has 360 valence electrons. The lowest BCUT2D eigenvalue weighted by Crippen LogP contribution is -2.65. The third-order valence-corrected chi connectivity index (χ3v) is 11.5. The van der Waals surface area contributed by atoms with Crippen LogP contribution in [0.25, 0.3) is 0 Å². The molecule has 0 aromatic rings. The number of rotatable bonds is 35. The van der Waals surface area contributed by atoms with E-state index in [9.17, 15) is 45.6 Å². The van der Waals surface area contributed by atoms with E-state index < -0.39 is 86.8 Å². The summed E-state index contributed by atoms with van der Waals surface area (Å²) in [4.78, 5) is 13.1. The minimum atomic E-state index is -1.79. The smallest absolute Gasteiger partial charge is 0.220 e. The van der Waals surface area contributed by atoms with E-state index in [0.717, 1.165) is 64.2 Å². The van der Waals surface area contributed by atoms with Crippen LogP contribution in [0.2, 0.25) is 0 Å². The van der Waals surface area contributed by atoms with Gasteiger partial charge in [-0.25, -0.2) is 0 Å². The molecule has 62 heavy (non-hydrogen) atoms. The number of hydrogen-bond acceptors (Lipinski definition) is 13. The van der Waals surface area contributed by atoms with Crippen molar-refractivity contribution in [3.63, 3.8) is 0 Å². The number of aliphatic hydroxyl groups excluding tert-OH is 8. The topological polar surface area (TPSA) is 228 Å². The largest absolute Gasteiger partial charge is 0.394 e. The zero-order valence-corrected chi connectivity index (χ0v) is 37.8. The van der Waals surface area contributed by atoms with E-state index in [1.54, 1.807) is 6.08 Å². The summed E-state index contributed by atoms with van der Waals surface area (Å²) in [5.74, 6) is -0.267. The Bertz CT molecular complexity index is 1230. The maximum absolute atomic E-state index is 13.1. The van der Waals surface area contributed by atoms with Gasteiger partial charge in [0.25, 0.3) is 0 Å². The van der Waals surface area contributed by atoms with Crippen molar-refractivity contribution in [2.75, 3.05) is 19.8 Å². The van der Waals surface area contributed by atoms with Crippen LogP contribution < -0.4 is 5.32 Å². The number of ether oxygens (including phenoxy) is 4. The molecule has 14 heteroatoms. The van der Waals surface area contributed by atoms with Crippen molar-refractivity contribution < 1.29 is 64.6 Å². The van der Waals surface area contributed by atoms with Crippen LogP contribution in [-0.4, -0.2) is 140 Å². The van der Waals surface area contributed by atoms with Crippen molar-refractivity contribution in [2.45, 2.75) is 229 Å². The third-order valence-electron chi connectivity index (χ3n) is 11.5. The van der Waals surface area contributed by atoms with Crippen molar-refractivity contribution in [1.82, 2.24) is 5.32 Å². The minimum absolute atomic E-state index is 0.258. The molecule has 0 aliphatic carbocycles. The molecule has 9 N–H and O–H groups in total. The Morgan fingerprint density at radius 1 is 0.565 bits per heavy atom. The van der Waals surface area contributed by atoms with Gasteiger partial charge in [0.1, 0.15) is 48.8 Å². The van der Waals surface area contributed by atoms with Gasteiger partial charge in [0.15, 0.2) is 12.6 Å². The third kappa shape index (κ3) is 22.7. The van der Waals surface area contributed by atoms with Crippen LogP contribution in [0, 0.1) is 0 Å². The lowest BCUT2D eigenvalue weighted by atomic mass is 9.97. The Kier molecular flexibility index (Phi) is 31.9. The molecule has 2 saturated heterocycles. The van der Waals surface area contributed by atoms with E-state index in [4.69, 9.17) is 18.9 Å². The van der Waals surface area contributed by atoms with Crippen LogP contribution in [0.3, 0.4) is 0 Å². The molecule has 0 spiro atoms. The molecular formula is C48H85NO13. The molecule has 2 heterocycles. The Labute approximate surface area is 372 Å². The van der Waals surface area contributed by atoms with Crippen LogP contribution in [0.1, 0.15) is 155 Å². The highest BCUT2D eigenvalue weighted by molar-refractivity contribution is 5.76. The van der Waals surface area contributed by atoms with Crippen molar-refractivity contribution in [3.8, 4) is 0 Å². The lowest BCUT2D eigenvalue weighted by molar-refractivity contribution is -0.359. The monoisotopic (exact) mass is 884 g/mol. The van der Waals surface area contributed by atoms with E-state index in [0.29, 0.717) is 12.8 Å². The zero-order valence-electron chi connectivity index (χ0n) is 37.8. The highest BCUT2D eigenvalue weighted by Gasteiger charge is 2.50. The summed E-state index contributed by atoms with van der Waals surface area (Å²) in [6.45, 7) is 2.69. The fourth-order valence-corrected chi connectivity index (χ4v) is 7.49. The highest BCUT2D eigenvalue weighted by Crippen LogP contribution is 2.30. The Hall–Kier alpha value is -2.05. The fourth-order valence-electron chi connectivity index (χ4n) is 7.49. The summed E-state index contributed by atoms with van der Waals surface area (Å²) in [7, 11) is 0. The second-order valence-corrected chi connectivity index (χ2v) is 16.9. The van der Waals surface area contributed by atoms with Crippen LogP contribution in [0.15, 0.2) is 48.6 Å². The first-order valence-corrected chi connectivity index (χ1v) is 23.9. The maximum atomic E-state index is 13.1. The number of amides is 1. The van der Waals surface area contributed by atoms with Gasteiger partial charge in [0, 0.05) is 6.42 Å². The van der Waals surface area contributed by atoms with Gasteiger partial charge >= 0.3 is 0 Å². The van der Waals surface area contributed by atoms with Gasteiger partial charge in [0.05, 0.1) is 32.0 Å². The SMILES string of the molecule is CCCCCC/C=C\CCCCCCCC(=O)NC(COC1OC(CO)C(OC2OC(CO)C(O)C(O)C2O)C(O)C1O)C(O)/C=C/CC/C=C/CC/C=C/CCCCCCC. The first-order chi connectivity index (χ1) is 30.1.